The van der Waals surface area contributed by atoms with Gasteiger partial charge in [-0.2, -0.15) is 0 Å². The summed E-state index contributed by atoms with van der Waals surface area (Å²) >= 11 is 11.9. The summed E-state index contributed by atoms with van der Waals surface area (Å²) < 4.78 is 5.46. The zero-order chi connectivity index (χ0) is 23.4. The van der Waals surface area contributed by atoms with E-state index in [0.29, 0.717) is 27.7 Å². The molecule has 0 unspecified atom stereocenters. The van der Waals surface area contributed by atoms with Crippen molar-refractivity contribution in [2.24, 2.45) is 0 Å². The highest BCUT2D eigenvalue weighted by Gasteiger charge is 2.42. The van der Waals surface area contributed by atoms with Crippen LogP contribution in [-0.4, -0.2) is 23.9 Å². The predicted octanol–water partition coefficient (Wildman–Crippen LogP) is 6.10. The third-order valence-electron chi connectivity index (χ3n) is 5.98. The van der Waals surface area contributed by atoms with E-state index in [1.807, 2.05) is 24.3 Å². The number of nitrogens with zero attached hydrogens (tertiary/aromatic N) is 1. The normalized spacial score (nSPS) is 14.5. The molecule has 1 saturated carbocycles. The molecule has 1 heterocycles. The van der Waals surface area contributed by atoms with Crippen molar-refractivity contribution in [1.29, 1.82) is 0 Å². The van der Waals surface area contributed by atoms with Crippen LogP contribution in [0.15, 0.2) is 60.8 Å². The summed E-state index contributed by atoms with van der Waals surface area (Å²) in [4.78, 5) is 29.9. The molecular weight excluding hydrogens is 461 g/mol. The molecule has 3 aromatic rings. The Morgan fingerprint density at radius 2 is 1.70 bits per heavy atom. The minimum atomic E-state index is -0.592. The summed E-state index contributed by atoms with van der Waals surface area (Å²) in [7, 11) is 1.51. The molecule has 2 N–H and O–H groups in total. The molecule has 1 aromatic heterocycles. The van der Waals surface area contributed by atoms with Crippen molar-refractivity contribution in [2.45, 2.75) is 31.1 Å². The molecular formula is C25H23Cl2N3O3. The monoisotopic (exact) mass is 483 g/mol. The second-order valence-electron chi connectivity index (χ2n) is 7.99. The van der Waals surface area contributed by atoms with Gasteiger partial charge in [0, 0.05) is 28.5 Å². The van der Waals surface area contributed by atoms with Gasteiger partial charge in [-0.15, -0.1) is 0 Å². The van der Waals surface area contributed by atoms with E-state index in [1.165, 1.54) is 19.4 Å². The molecule has 33 heavy (non-hydrogen) atoms. The Morgan fingerprint density at radius 3 is 2.36 bits per heavy atom. The van der Waals surface area contributed by atoms with Crippen LogP contribution in [0.4, 0.5) is 11.4 Å². The van der Waals surface area contributed by atoms with Crippen LogP contribution < -0.4 is 15.4 Å². The minimum absolute atomic E-state index is 0.0624. The molecule has 0 aliphatic heterocycles. The number of anilines is 2. The number of hydrogen-bond acceptors (Lipinski definition) is 4. The van der Waals surface area contributed by atoms with E-state index in [9.17, 15) is 9.59 Å². The topological polar surface area (TPSA) is 80.3 Å². The third kappa shape index (κ3) is 4.97. The Morgan fingerprint density at radius 1 is 0.970 bits per heavy atom. The minimum Gasteiger partial charge on any atom is -0.494 e. The number of methoxy groups -OCH3 is 1. The molecule has 4 rings (SSSR count). The fourth-order valence-electron chi connectivity index (χ4n) is 4.26. The van der Waals surface area contributed by atoms with Crippen LogP contribution in [0.3, 0.4) is 0 Å². The number of amides is 2. The van der Waals surface area contributed by atoms with Gasteiger partial charge < -0.3 is 15.4 Å². The van der Waals surface area contributed by atoms with Crippen LogP contribution in [0, 0.1) is 0 Å². The van der Waals surface area contributed by atoms with Crippen LogP contribution in [-0.2, 0) is 10.2 Å². The van der Waals surface area contributed by atoms with Crippen LogP contribution >= 0.6 is 23.2 Å². The number of carbonyl (C=O) groups excluding carboxylic acids is 2. The number of hydrogen-bond donors (Lipinski definition) is 2. The second kappa shape index (κ2) is 9.81. The fraction of sp³-hybridized carbons (Fsp3) is 0.240. The van der Waals surface area contributed by atoms with Gasteiger partial charge in [0.2, 0.25) is 5.91 Å². The number of pyridine rings is 1. The SMILES string of the molecule is COc1cc(NC(=O)C2(c3ccc(Cl)cc3)CCCC2)ccc1NC(=O)c1ccnc(Cl)c1. The molecule has 0 saturated heterocycles. The summed E-state index contributed by atoms with van der Waals surface area (Å²) in [6.07, 6.45) is 5.00. The van der Waals surface area contributed by atoms with Crippen molar-refractivity contribution >= 4 is 46.4 Å². The van der Waals surface area contributed by atoms with Gasteiger partial charge in [-0.05, 0) is 54.8 Å². The lowest BCUT2D eigenvalue weighted by atomic mass is 9.78. The average molecular weight is 484 g/mol. The standard InChI is InChI=1S/C25H23Cl2N3O3/c1-33-21-15-19(8-9-20(21)30-23(31)16-10-13-28-22(27)14-16)29-24(32)25(11-2-3-12-25)17-4-6-18(26)7-5-17/h4-10,13-15H,2-3,11-12H2,1H3,(H,29,32)(H,30,31). The molecule has 8 heteroatoms. The molecule has 1 aliphatic carbocycles. The van der Waals surface area contributed by atoms with Crippen molar-refractivity contribution in [3.8, 4) is 5.75 Å². The van der Waals surface area contributed by atoms with Crippen molar-refractivity contribution < 1.29 is 14.3 Å². The van der Waals surface area contributed by atoms with Crippen molar-refractivity contribution in [3.05, 3.63) is 82.1 Å². The first-order valence-corrected chi connectivity index (χ1v) is 11.4. The van der Waals surface area contributed by atoms with E-state index in [4.69, 9.17) is 27.9 Å². The lowest BCUT2D eigenvalue weighted by Crippen LogP contribution is -2.38. The molecule has 0 spiro atoms. The van der Waals surface area contributed by atoms with Crippen LogP contribution in [0.2, 0.25) is 10.2 Å². The summed E-state index contributed by atoms with van der Waals surface area (Å²) in [5.41, 5.74) is 1.81. The Bertz CT molecular complexity index is 1180. The molecule has 0 atom stereocenters. The molecule has 0 radical (unpaired) electrons. The zero-order valence-electron chi connectivity index (χ0n) is 18.0. The highest BCUT2D eigenvalue weighted by Crippen LogP contribution is 2.42. The Hall–Kier alpha value is -3.09. The smallest absolute Gasteiger partial charge is 0.255 e. The van der Waals surface area contributed by atoms with Gasteiger partial charge in [0.1, 0.15) is 10.9 Å². The van der Waals surface area contributed by atoms with Gasteiger partial charge in [-0.1, -0.05) is 48.2 Å². The molecule has 0 bridgehead atoms. The van der Waals surface area contributed by atoms with Crippen molar-refractivity contribution in [2.75, 3.05) is 17.7 Å². The van der Waals surface area contributed by atoms with Gasteiger partial charge in [0.25, 0.3) is 5.91 Å². The number of halogens is 2. The Kier molecular flexibility index (Phi) is 6.86. The number of nitrogens with one attached hydrogen (secondary N) is 2. The number of aromatic nitrogens is 1. The average Bonchev–Trinajstić information content (AvgIpc) is 3.32. The van der Waals surface area contributed by atoms with E-state index in [-0.39, 0.29) is 17.0 Å². The third-order valence-corrected chi connectivity index (χ3v) is 6.44. The maximum atomic E-state index is 13.4. The molecule has 6 nitrogen and oxygen atoms in total. The van der Waals surface area contributed by atoms with E-state index < -0.39 is 5.41 Å². The lowest BCUT2D eigenvalue weighted by Gasteiger charge is -2.28. The van der Waals surface area contributed by atoms with Crippen LogP contribution in [0.25, 0.3) is 0 Å². The highest BCUT2D eigenvalue weighted by molar-refractivity contribution is 6.30. The van der Waals surface area contributed by atoms with E-state index in [2.05, 4.69) is 15.6 Å². The Labute approximate surface area is 202 Å². The molecule has 170 valence electrons. The largest absolute Gasteiger partial charge is 0.494 e. The molecule has 2 amide bonds. The first-order chi connectivity index (χ1) is 15.9. The van der Waals surface area contributed by atoms with E-state index >= 15 is 0 Å². The summed E-state index contributed by atoms with van der Waals surface area (Å²) in [6.45, 7) is 0. The summed E-state index contributed by atoms with van der Waals surface area (Å²) in [6, 6.07) is 15.7. The van der Waals surface area contributed by atoms with Gasteiger partial charge in [-0.25, -0.2) is 4.98 Å². The molecule has 2 aromatic carbocycles. The second-order valence-corrected chi connectivity index (χ2v) is 8.81. The number of ether oxygens (including phenoxy) is 1. The van der Waals surface area contributed by atoms with E-state index in [0.717, 1.165) is 31.2 Å². The van der Waals surface area contributed by atoms with Gasteiger partial charge in [0.05, 0.1) is 18.2 Å². The maximum absolute atomic E-state index is 13.4. The zero-order valence-corrected chi connectivity index (χ0v) is 19.5. The fourth-order valence-corrected chi connectivity index (χ4v) is 4.56. The number of carbonyl (C=O) groups is 2. The first-order valence-electron chi connectivity index (χ1n) is 10.6. The lowest BCUT2D eigenvalue weighted by molar-refractivity contribution is -0.121. The predicted molar refractivity (Wildman–Crippen MR) is 130 cm³/mol. The van der Waals surface area contributed by atoms with Gasteiger partial charge in [-0.3, -0.25) is 9.59 Å². The van der Waals surface area contributed by atoms with Crippen LogP contribution in [0.1, 0.15) is 41.6 Å². The molecule has 1 aliphatic rings. The summed E-state index contributed by atoms with van der Waals surface area (Å²) in [5, 5.41) is 6.72. The Balaban J connectivity index is 1.54. The number of benzene rings is 2. The highest BCUT2D eigenvalue weighted by atomic mass is 35.5. The van der Waals surface area contributed by atoms with Crippen molar-refractivity contribution in [1.82, 2.24) is 4.98 Å². The van der Waals surface area contributed by atoms with Crippen LogP contribution in [0.5, 0.6) is 5.75 Å². The first kappa shape index (κ1) is 23.1. The number of rotatable bonds is 6. The maximum Gasteiger partial charge on any atom is 0.255 e. The van der Waals surface area contributed by atoms with Gasteiger partial charge in [0.15, 0.2) is 0 Å². The van der Waals surface area contributed by atoms with Gasteiger partial charge >= 0.3 is 0 Å². The van der Waals surface area contributed by atoms with Crippen molar-refractivity contribution in [3.63, 3.8) is 0 Å². The van der Waals surface area contributed by atoms with E-state index in [1.54, 1.807) is 24.3 Å². The molecule has 1 fully saturated rings. The summed E-state index contributed by atoms with van der Waals surface area (Å²) in [5.74, 6) is 0.0166. The quantitative estimate of drug-likeness (QED) is 0.415.